The maximum absolute atomic E-state index is 12.2. The largest absolute Gasteiger partial charge is 0.345 e. The van der Waals surface area contributed by atoms with E-state index in [9.17, 15) is 8.42 Å². The average Bonchev–Trinajstić information content (AvgIpc) is 2.73. The fourth-order valence-corrected chi connectivity index (χ4v) is 2.95. The second-order valence-corrected chi connectivity index (χ2v) is 5.68. The summed E-state index contributed by atoms with van der Waals surface area (Å²) in [6.07, 6.45) is 3.07. The minimum absolute atomic E-state index is 0.233. The molecule has 92 valence electrons. The first kappa shape index (κ1) is 12.0. The summed E-state index contributed by atoms with van der Waals surface area (Å²) in [6.45, 7) is 0.575. The van der Waals surface area contributed by atoms with Crippen LogP contribution in [-0.4, -0.2) is 42.8 Å². The number of nitrogens with two attached hydrogens (primary N) is 1. The average molecular weight is 254 g/mol. The van der Waals surface area contributed by atoms with Crippen molar-refractivity contribution in [2.75, 3.05) is 20.1 Å². The summed E-state index contributed by atoms with van der Waals surface area (Å²) >= 11 is 0. The van der Waals surface area contributed by atoms with Gasteiger partial charge in [-0.2, -0.15) is 4.31 Å². The molecule has 0 radical (unpaired) electrons. The van der Waals surface area contributed by atoms with Gasteiger partial charge < -0.3 is 10.7 Å². The van der Waals surface area contributed by atoms with Crippen LogP contribution in [0.1, 0.15) is 0 Å². The van der Waals surface area contributed by atoms with Gasteiger partial charge in [-0.05, 0) is 12.1 Å². The lowest BCUT2D eigenvalue weighted by Crippen LogP contribution is -2.31. The molecule has 0 saturated heterocycles. The highest BCUT2D eigenvalue weighted by Crippen LogP contribution is 2.23. The van der Waals surface area contributed by atoms with Crippen molar-refractivity contribution in [1.82, 2.24) is 14.3 Å². The Morgan fingerprint density at radius 2 is 2.29 bits per heavy atom. The fraction of sp³-hybridized carbons (Fsp3) is 0.300. The van der Waals surface area contributed by atoms with Crippen molar-refractivity contribution in [3.05, 3.63) is 24.5 Å². The van der Waals surface area contributed by atoms with Gasteiger partial charge in [0.1, 0.15) is 10.5 Å². The third-order valence-corrected chi connectivity index (χ3v) is 4.44. The van der Waals surface area contributed by atoms with Crippen LogP contribution in [0.4, 0.5) is 0 Å². The Morgan fingerprint density at radius 1 is 1.53 bits per heavy atom. The van der Waals surface area contributed by atoms with Gasteiger partial charge in [0.15, 0.2) is 0 Å². The molecule has 0 aliphatic heterocycles. The molecule has 17 heavy (non-hydrogen) atoms. The minimum atomic E-state index is -3.50. The van der Waals surface area contributed by atoms with Gasteiger partial charge in [-0.15, -0.1) is 0 Å². The van der Waals surface area contributed by atoms with Crippen molar-refractivity contribution < 1.29 is 8.42 Å². The van der Waals surface area contributed by atoms with Gasteiger partial charge in [-0.25, -0.2) is 13.4 Å². The first-order chi connectivity index (χ1) is 8.07. The van der Waals surface area contributed by atoms with E-state index >= 15 is 0 Å². The van der Waals surface area contributed by atoms with Crippen molar-refractivity contribution in [2.45, 2.75) is 4.90 Å². The molecular formula is C10H14N4O2S. The van der Waals surface area contributed by atoms with Crippen LogP contribution in [0.3, 0.4) is 0 Å². The van der Waals surface area contributed by atoms with E-state index in [0.717, 1.165) is 0 Å². The Morgan fingerprint density at radius 3 is 3.00 bits per heavy atom. The predicted molar refractivity (Wildman–Crippen MR) is 65.0 cm³/mol. The highest BCUT2D eigenvalue weighted by Gasteiger charge is 2.23. The van der Waals surface area contributed by atoms with E-state index in [1.165, 1.54) is 17.5 Å². The van der Waals surface area contributed by atoms with Crippen molar-refractivity contribution >= 4 is 21.1 Å². The van der Waals surface area contributed by atoms with E-state index in [0.29, 0.717) is 11.0 Å². The van der Waals surface area contributed by atoms with Crippen molar-refractivity contribution in [3.8, 4) is 0 Å². The van der Waals surface area contributed by atoms with Crippen LogP contribution in [0.25, 0.3) is 11.0 Å². The topological polar surface area (TPSA) is 92.1 Å². The summed E-state index contributed by atoms with van der Waals surface area (Å²) in [5.41, 5.74) is 5.93. The molecule has 7 heteroatoms. The summed E-state index contributed by atoms with van der Waals surface area (Å²) in [6, 6.07) is 3.43. The molecule has 0 aliphatic carbocycles. The molecule has 3 N–H and O–H groups in total. The number of likely N-dealkylation sites (N-methyl/N-ethyl adjacent to an activating group) is 1. The maximum atomic E-state index is 12.2. The number of nitrogens with one attached hydrogen (secondary N) is 1. The van der Waals surface area contributed by atoms with Crippen LogP contribution in [0, 0.1) is 0 Å². The van der Waals surface area contributed by atoms with E-state index in [4.69, 9.17) is 5.73 Å². The number of hydrogen-bond acceptors (Lipinski definition) is 4. The molecule has 0 spiro atoms. The first-order valence-electron chi connectivity index (χ1n) is 5.16. The zero-order valence-electron chi connectivity index (χ0n) is 9.42. The SMILES string of the molecule is CN(CCN)S(=O)(=O)c1c[nH]c2ncccc12. The number of fused-ring (bicyclic) bond motifs is 1. The number of aromatic nitrogens is 2. The van der Waals surface area contributed by atoms with Crippen LogP contribution >= 0.6 is 0 Å². The Kier molecular flexibility index (Phi) is 3.14. The quantitative estimate of drug-likeness (QED) is 0.812. The minimum Gasteiger partial charge on any atom is -0.345 e. The van der Waals surface area contributed by atoms with Gasteiger partial charge in [0, 0.05) is 37.9 Å². The molecule has 0 unspecified atom stereocenters. The van der Waals surface area contributed by atoms with E-state index < -0.39 is 10.0 Å². The van der Waals surface area contributed by atoms with Gasteiger partial charge in [0.25, 0.3) is 0 Å². The maximum Gasteiger partial charge on any atom is 0.245 e. The van der Waals surface area contributed by atoms with E-state index in [1.54, 1.807) is 18.3 Å². The number of hydrogen-bond donors (Lipinski definition) is 2. The summed E-state index contributed by atoms with van der Waals surface area (Å²) in [5.74, 6) is 0. The monoisotopic (exact) mass is 254 g/mol. The third kappa shape index (κ3) is 2.04. The molecule has 2 aromatic heterocycles. The Labute approximate surface area is 99.5 Å². The second-order valence-electron chi connectivity index (χ2n) is 3.67. The van der Waals surface area contributed by atoms with Gasteiger partial charge in [0.2, 0.25) is 10.0 Å². The van der Waals surface area contributed by atoms with Crippen molar-refractivity contribution in [3.63, 3.8) is 0 Å². The Balaban J connectivity index is 2.53. The third-order valence-electron chi connectivity index (χ3n) is 2.55. The molecule has 0 saturated carbocycles. The van der Waals surface area contributed by atoms with Crippen LogP contribution in [0.15, 0.2) is 29.4 Å². The van der Waals surface area contributed by atoms with Crippen LogP contribution in [0.2, 0.25) is 0 Å². The summed E-state index contributed by atoms with van der Waals surface area (Å²) in [7, 11) is -1.99. The lowest BCUT2D eigenvalue weighted by Gasteiger charge is -2.15. The zero-order chi connectivity index (χ0) is 12.5. The molecule has 6 nitrogen and oxygen atoms in total. The number of aromatic amines is 1. The number of H-pyrrole nitrogens is 1. The molecular weight excluding hydrogens is 240 g/mol. The van der Waals surface area contributed by atoms with Gasteiger partial charge in [-0.1, -0.05) is 0 Å². The first-order valence-corrected chi connectivity index (χ1v) is 6.60. The van der Waals surface area contributed by atoms with E-state index in [2.05, 4.69) is 9.97 Å². The van der Waals surface area contributed by atoms with Crippen molar-refractivity contribution in [1.29, 1.82) is 0 Å². The second kappa shape index (κ2) is 4.44. The lowest BCUT2D eigenvalue weighted by atomic mass is 10.3. The fourth-order valence-electron chi connectivity index (χ4n) is 1.61. The normalized spacial score (nSPS) is 12.4. The molecule has 0 fully saturated rings. The smallest absolute Gasteiger partial charge is 0.245 e. The van der Waals surface area contributed by atoms with Crippen LogP contribution < -0.4 is 5.73 Å². The predicted octanol–water partition coefficient (Wildman–Crippen LogP) is 0.142. The highest BCUT2D eigenvalue weighted by atomic mass is 32.2. The number of nitrogens with zero attached hydrogens (tertiary/aromatic N) is 2. The summed E-state index contributed by atoms with van der Waals surface area (Å²) in [4.78, 5) is 7.13. The van der Waals surface area contributed by atoms with Gasteiger partial charge in [-0.3, -0.25) is 0 Å². The Bertz CT molecular complexity index is 620. The number of pyridine rings is 1. The molecule has 0 amide bonds. The van der Waals surface area contributed by atoms with E-state index in [-0.39, 0.29) is 18.0 Å². The zero-order valence-corrected chi connectivity index (χ0v) is 10.2. The standard InChI is InChI=1S/C10H14N4O2S/c1-14(6-4-11)17(15,16)9-7-13-10-8(9)3-2-5-12-10/h2-3,5,7H,4,6,11H2,1H3,(H,12,13). The van der Waals surface area contributed by atoms with Gasteiger partial charge in [0.05, 0.1) is 0 Å². The molecule has 0 aliphatic rings. The van der Waals surface area contributed by atoms with Crippen LogP contribution in [0.5, 0.6) is 0 Å². The number of sulfonamides is 1. The molecule has 2 heterocycles. The molecule has 0 aromatic carbocycles. The lowest BCUT2D eigenvalue weighted by molar-refractivity contribution is 0.477. The van der Waals surface area contributed by atoms with Gasteiger partial charge >= 0.3 is 0 Å². The van der Waals surface area contributed by atoms with Crippen molar-refractivity contribution in [2.24, 2.45) is 5.73 Å². The molecule has 2 aromatic rings. The molecule has 2 rings (SSSR count). The van der Waals surface area contributed by atoms with Crippen LogP contribution in [-0.2, 0) is 10.0 Å². The summed E-state index contributed by atoms with van der Waals surface area (Å²) in [5, 5.41) is 0.594. The number of rotatable bonds is 4. The highest BCUT2D eigenvalue weighted by molar-refractivity contribution is 7.89. The molecule has 0 atom stereocenters. The molecule has 0 bridgehead atoms. The summed E-state index contributed by atoms with van der Waals surface area (Å²) < 4.78 is 25.7. The Hall–Kier alpha value is -1.44. The van der Waals surface area contributed by atoms with E-state index in [1.807, 2.05) is 0 Å².